The van der Waals surface area contributed by atoms with Crippen LogP contribution in [0.1, 0.15) is 90.9 Å². The smallest absolute Gasteiger partial charge is 0.223 e. The molecule has 0 heterocycles. The van der Waals surface area contributed by atoms with Gasteiger partial charge in [-0.15, -0.1) is 0 Å². The highest BCUT2D eigenvalue weighted by Crippen LogP contribution is 2.22. The second-order valence-corrected chi connectivity index (χ2v) is 6.18. The molecule has 1 saturated carbocycles. The molecule has 1 unspecified atom stereocenters. The van der Waals surface area contributed by atoms with Crippen molar-refractivity contribution in [1.29, 1.82) is 0 Å². The minimum atomic E-state index is 0.281. The fourth-order valence-corrected chi connectivity index (χ4v) is 2.74. The highest BCUT2D eigenvalue weighted by atomic mass is 16.1. The van der Waals surface area contributed by atoms with Gasteiger partial charge in [-0.3, -0.25) is 4.79 Å². The number of hydrogen-bond donors (Lipinski definition) is 1. The molecule has 1 amide bonds. The molecule has 112 valence electrons. The zero-order chi connectivity index (χ0) is 13.9. The van der Waals surface area contributed by atoms with E-state index in [0.717, 1.165) is 12.8 Å². The Bertz CT molecular complexity index is 235. The molecule has 1 atom stereocenters. The first-order valence-corrected chi connectivity index (χ1v) is 8.58. The van der Waals surface area contributed by atoms with Gasteiger partial charge in [0.1, 0.15) is 0 Å². The first-order chi connectivity index (χ1) is 9.27. The molecule has 1 aliphatic carbocycles. The largest absolute Gasteiger partial charge is 0.353 e. The lowest BCUT2D eigenvalue weighted by Crippen LogP contribution is -2.42. The molecular formula is C17H33NO. The normalized spacial score (nSPS) is 16.9. The van der Waals surface area contributed by atoms with Crippen molar-refractivity contribution in [2.24, 2.45) is 5.92 Å². The minimum Gasteiger partial charge on any atom is -0.353 e. The topological polar surface area (TPSA) is 29.1 Å². The lowest BCUT2D eigenvalue weighted by Gasteiger charge is -2.28. The molecule has 0 bridgehead atoms. The summed E-state index contributed by atoms with van der Waals surface area (Å²) in [5, 5.41) is 3.25. The molecule has 19 heavy (non-hydrogen) atoms. The molecular weight excluding hydrogens is 234 g/mol. The van der Waals surface area contributed by atoms with Gasteiger partial charge in [0.05, 0.1) is 0 Å². The summed E-state index contributed by atoms with van der Waals surface area (Å²) in [4.78, 5) is 12.3. The van der Waals surface area contributed by atoms with Crippen LogP contribution in [-0.2, 0) is 4.79 Å². The maximum atomic E-state index is 12.3. The predicted octanol–water partition coefficient (Wildman–Crippen LogP) is 4.82. The van der Waals surface area contributed by atoms with Crippen LogP contribution in [0.25, 0.3) is 0 Å². The second-order valence-electron chi connectivity index (χ2n) is 6.18. The third-order valence-corrected chi connectivity index (χ3v) is 4.38. The van der Waals surface area contributed by atoms with Crippen molar-refractivity contribution in [1.82, 2.24) is 5.32 Å². The summed E-state index contributed by atoms with van der Waals surface area (Å²) in [5.74, 6) is 0.626. The van der Waals surface area contributed by atoms with E-state index in [1.807, 2.05) is 0 Å². The summed E-state index contributed by atoms with van der Waals surface area (Å²) < 4.78 is 0. The Labute approximate surface area is 119 Å². The molecule has 1 aliphatic rings. The number of rotatable bonds is 11. The fraction of sp³-hybridized carbons (Fsp3) is 0.941. The summed E-state index contributed by atoms with van der Waals surface area (Å²) in [6, 6.07) is 0.497. The monoisotopic (exact) mass is 267 g/mol. The van der Waals surface area contributed by atoms with Crippen LogP contribution in [0.5, 0.6) is 0 Å². The van der Waals surface area contributed by atoms with Crippen molar-refractivity contribution in [3.63, 3.8) is 0 Å². The lowest BCUT2D eigenvalue weighted by molar-refractivity contribution is -0.126. The Hall–Kier alpha value is -0.530. The first-order valence-electron chi connectivity index (χ1n) is 8.58. The Balaban J connectivity index is 2.26. The maximum Gasteiger partial charge on any atom is 0.223 e. The quantitative estimate of drug-likeness (QED) is 0.534. The maximum absolute atomic E-state index is 12.3. The van der Waals surface area contributed by atoms with E-state index < -0.39 is 0 Å². The molecule has 0 aromatic rings. The Morgan fingerprint density at radius 1 is 1.00 bits per heavy atom. The molecule has 0 aromatic carbocycles. The Morgan fingerprint density at radius 2 is 1.58 bits per heavy atom. The van der Waals surface area contributed by atoms with Gasteiger partial charge < -0.3 is 5.32 Å². The van der Waals surface area contributed by atoms with E-state index in [1.54, 1.807) is 0 Å². The predicted molar refractivity (Wildman–Crippen MR) is 82.2 cm³/mol. The van der Waals surface area contributed by atoms with Crippen LogP contribution in [0, 0.1) is 5.92 Å². The average molecular weight is 267 g/mol. The Morgan fingerprint density at radius 3 is 2.11 bits per heavy atom. The van der Waals surface area contributed by atoms with Gasteiger partial charge in [0.25, 0.3) is 0 Å². The summed E-state index contributed by atoms with van der Waals surface area (Å²) in [6.45, 7) is 4.47. The summed E-state index contributed by atoms with van der Waals surface area (Å²) in [7, 11) is 0. The first kappa shape index (κ1) is 16.5. The van der Waals surface area contributed by atoms with Crippen LogP contribution in [-0.4, -0.2) is 11.9 Å². The summed E-state index contributed by atoms with van der Waals surface area (Å²) in [6.07, 6.45) is 14.7. The van der Waals surface area contributed by atoms with Crippen LogP contribution in [0.4, 0.5) is 0 Å². The van der Waals surface area contributed by atoms with Gasteiger partial charge in [-0.25, -0.2) is 0 Å². The van der Waals surface area contributed by atoms with Gasteiger partial charge in [-0.1, -0.05) is 58.8 Å². The molecule has 0 aromatic heterocycles. The van der Waals surface area contributed by atoms with Gasteiger partial charge >= 0.3 is 0 Å². The van der Waals surface area contributed by atoms with Gasteiger partial charge in [-0.2, -0.15) is 0 Å². The molecule has 1 rings (SSSR count). The van der Waals surface area contributed by atoms with E-state index in [-0.39, 0.29) is 5.92 Å². The molecule has 0 radical (unpaired) electrons. The standard InChI is InChI=1S/C17H33NO/c1-3-5-7-9-12-15(11-8-6-4-2)17(19)18-16-13-10-14-16/h15-16H,3-14H2,1-2H3,(H,18,19). The third kappa shape index (κ3) is 6.98. The second kappa shape index (κ2) is 10.3. The SMILES string of the molecule is CCCCCCC(CCCCC)C(=O)NC1CCC1. The number of carbonyl (C=O) groups excluding carboxylic acids is 1. The van der Waals surface area contributed by atoms with E-state index in [1.165, 1.54) is 64.2 Å². The van der Waals surface area contributed by atoms with E-state index in [0.29, 0.717) is 11.9 Å². The molecule has 0 spiro atoms. The molecule has 0 saturated heterocycles. The van der Waals surface area contributed by atoms with E-state index in [2.05, 4.69) is 19.2 Å². The highest BCUT2D eigenvalue weighted by Gasteiger charge is 2.24. The van der Waals surface area contributed by atoms with Crippen molar-refractivity contribution >= 4 is 5.91 Å². The number of hydrogen-bond acceptors (Lipinski definition) is 1. The van der Waals surface area contributed by atoms with Crippen LogP contribution >= 0.6 is 0 Å². The van der Waals surface area contributed by atoms with Crippen molar-refractivity contribution in [2.45, 2.75) is 96.9 Å². The highest BCUT2D eigenvalue weighted by molar-refractivity contribution is 5.79. The van der Waals surface area contributed by atoms with E-state index in [4.69, 9.17) is 0 Å². The van der Waals surface area contributed by atoms with Crippen LogP contribution < -0.4 is 5.32 Å². The van der Waals surface area contributed by atoms with Crippen molar-refractivity contribution in [2.75, 3.05) is 0 Å². The zero-order valence-corrected chi connectivity index (χ0v) is 13.0. The molecule has 1 N–H and O–H groups in total. The zero-order valence-electron chi connectivity index (χ0n) is 13.0. The molecule has 2 nitrogen and oxygen atoms in total. The van der Waals surface area contributed by atoms with E-state index >= 15 is 0 Å². The molecule has 1 fully saturated rings. The van der Waals surface area contributed by atoms with Crippen LogP contribution in [0.2, 0.25) is 0 Å². The number of unbranched alkanes of at least 4 members (excludes halogenated alkanes) is 5. The van der Waals surface area contributed by atoms with Crippen LogP contribution in [0.15, 0.2) is 0 Å². The van der Waals surface area contributed by atoms with Crippen molar-refractivity contribution < 1.29 is 4.79 Å². The summed E-state index contributed by atoms with van der Waals surface area (Å²) >= 11 is 0. The average Bonchev–Trinajstić information content (AvgIpc) is 2.36. The van der Waals surface area contributed by atoms with Gasteiger partial charge in [0.15, 0.2) is 0 Å². The van der Waals surface area contributed by atoms with Gasteiger partial charge in [0, 0.05) is 12.0 Å². The van der Waals surface area contributed by atoms with Gasteiger partial charge in [-0.05, 0) is 32.1 Å². The van der Waals surface area contributed by atoms with Crippen molar-refractivity contribution in [3.8, 4) is 0 Å². The summed E-state index contributed by atoms with van der Waals surface area (Å²) in [5.41, 5.74) is 0. The Kier molecular flexibility index (Phi) is 8.94. The van der Waals surface area contributed by atoms with E-state index in [9.17, 15) is 4.79 Å². The number of carbonyl (C=O) groups is 1. The number of nitrogens with one attached hydrogen (secondary N) is 1. The molecule has 2 heteroatoms. The fourth-order valence-electron chi connectivity index (χ4n) is 2.74. The number of amides is 1. The van der Waals surface area contributed by atoms with Gasteiger partial charge in [0.2, 0.25) is 5.91 Å². The lowest BCUT2D eigenvalue weighted by atomic mass is 9.90. The van der Waals surface area contributed by atoms with Crippen LogP contribution in [0.3, 0.4) is 0 Å². The molecule has 0 aliphatic heterocycles. The minimum absolute atomic E-state index is 0.281. The third-order valence-electron chi connectivity index (χ3n) is 4.38. The van der Waals surface area contributed by atoms with Crippen molar-refractivity contribution in [3.05, 3.63) is 0 Å².